The fourth-order valence-electron chi connectivity index (χ4n) is 7.06. The molecule has 4 aliphatic carbocycles. The predicted molar refractivity (Wildman–Crippen MR) is 105 cm³/mol. The molecule has 4 fully saturated rings. The lowest BCUT2D eigenvalue weighted by atomic mass is 9.50. The van der Waals surface area contributed by atoms with E-state index in [4.69, 9.17) is 4.74 Å². The zero-order chi connectivity index (χ0) is 19.5. The molecule has 0 saturated heterocycles. The van der Waals surface area contributed by atoms with Gasteiger partial charge in [0, 0.05) is 11.5 Å². The third-order valence-electron chi connectivity index (χ3n) is 7.73. The van der Waals surface area contributed by atoms with Gasteiger partial charge in [-0.25, -0.2) is 0 Å². The Kier molecular flexibility index (Phi) is 3.77. The molecule has 1 aliphatic heterocycles. The van der Waals surface area contributed by atoms with Crippen molar-refractivity contribution in [3.8, 4) is 5.75 Å². The van der Waals surface area contributed by atoms with Gasteiger partial charge in [0.2, 0.25) is 5.91 Å². The van der Waals surface area contributed by atoms with E-state index < -0.39 is 0 Å². The van der Waals surface area contributed by atoms with Gasteiger partial charge < -0.3 is 10.1 Å². The summed E-state index contributed by atoms with van der Waals surface area (Å²) in [6.45, 7) is 0.597. The van der Waals surface area contributed by atoms with E-state index in [1.807, 2.05) is 23.0 Å². The molecule has 7 rings (SSSR count). The lowest BCUT2D eigenvalue weighted by Crippen LogP contribution is -2.66. The molecular formula is C22H27N5O2. The van der Waals surface area contributed by atoms with Crippen molar-refractivity contribution < 1.29 is 9.53 Å². The number of benzene rings is 1. The Hall–Kier alpha value is -2.44. The quantitative estimate of drug-likeness (QED) is 0.866. The van der Waals surface area contributed by atoms with Crippen LogP contribution in [-0.2, 0) is 16.8 Å². The predicted octanol–water partition coefficient (Wildman–Crippen LogP) is 2.48. The number of aromatic nitrogens is 4. The van der Waals surface area contributed by atoms with E-state index in [9.17, 15) is 4.79 Å². The highest BCUT2D eigenvalue weighted by Gasteiger charge is 2.60. The Balaban J connectivity index is 1.25. The molecule has 7 nitrogen and oxygen atoms in total. The van der Waals surface area contributed by atoms with E-state index in [0.29, 0.717) is 18.4 Å². The molecule has 1 aromatic carbocycles. The van der Waals surface area contributed by atoms with Gasteiger partial charge in [0.25, 0.3) is 0 Å². The number of hydrogen-bond acceptors (Lipinski definition) is 5. The highest BCUT2D eigenvalue weighted by Crippen LogP contribution is 2.60. The minimum Gasteiger partial charge on any atom is -0.493 e. The number of rotatable bonds is 3. The van der Waals surface area contributed by atoms with Crippen molar-refractivity contribution in [2.24, 2.45) is 17.8 Å². The molecule has 4 saturated carbocycles. The van der Waals surface area contributed by atoms with Crippen LogP contribution in [0.4, 0.5) is 0 Å². The summed E-state index contributed by atoms with van der Waals surface area (Å²) in [6, 6.07) is 8.10. The molecule has 5 aliphatic rings. The number of amides is 1. The van der Waals surface area contributed by atoms with Gasteiger partial charge in [-0.2, -0.15) is 4.80 Å². The summed E-state index contributed by atoms with van der Waals surface area (Å²) in [5.41, 5.74) is 0.938. The highest BCUT2D eigenvalue weighted by atomic mass is 16.5. The molecule has 0 radical (unpaired) electrons. The Morgan fingerprint density at radius 1 is 1.17 bits per heavy atom. The van der Waals surface area contributed by atoms with Crippen LogP contribution in [0, 0.1) is 17.8 Å². The first kappa shape index (κ1) is 17.4. The fourth-order valence-corrected chi connectivity index (χ4v) is 7.06. The van der Waals surface area contributed by atoms with Crippen molar-refractivity contribution in [1.29, 1.82) is 0 Å². The Bertz CT molecular complexity index is 913. The Morgan fingerprint density at radius 3 is 2.79 bits per heavy atom. The van der Waals surface area contributed by atoms with Crippen molar-refractivity contribution in [2.45, 2.75) is 62.4 Å². The second-order valence-corrected chi connectivity index (χ2v) is 9.83. The highest BCUT2D eigenvalue weighted by molar-refractivity contribution is 5.80. The van der Waals surface area contributed by atoms with Crippen molar-refractivity contribution in [3.05, 3.63) is 36.2 Å². The van der Waals surface area contributed by atoms with Crippen LogP contribution in [0.3, 0.4) is 0 Å². The van der Waals surface area contributed by atoms with Gasteiger partial charge >= 0.3 is 0 Å². The van der Waals surface area contributed by atoms with Gasteiger partial charge in [0.05, 0.1) is 12.1 Å². The van der Waals surface area contributed by atoms with Crippen LogP contribution in [0.5, 0.6) is 5.75 Å². The summed E-state index contributed by atoms with van der Waals surface area (Å²) in [5, 5.41) is 16.2. The van der Waals surface area contributed by atoms with E-state index in [1.54, 1.807) is 0 Å². The number of carbonyl (C=O) groups excluding carboxylic acids is 1. The number of tetrazole rings is 1. The smallest absolute Gasteiger partial charge is 0.224 e. The summed E-state index contributed by atoms with van der Waals surface area (Å²) >= 11 is 0. The summed E-state index contributed by atoms with van der Waals surface area (Å²) < 4.78 is 5.88. The second-order valence-electron chi connectivity index (χ2n) is 9.83. The minimum absolute atomic E-state index is 0.0351. The Morgan fingerprint density at radius 2 is 2.00 bits per heavy atom. The number of ether oxygens (including phenoxy) is 1. The van der Waals surface area contributed by atoms with Crippen LogP contribution < -0.4 is 10.1 Å². The molecule has 2 heterocycles. The third kappa shape index (κ3) is 2.85. The molecule has 29 heavy (non-hydrogen) atoms. The average molecular weight is 393 g/mol. The maximum atomic E-state index is 13.4. The van der Waals surface area contributed by atoms with E-state index in [1.165, 1.54) is 12.7 Å². The largest absolute Gasteiger partial charge is 0.493 e. The van der Waals surface area contributed by atoms with Gasteiger partial charge in [0.15, 0.2) is 6.33 Å². The first-order chi connectivity index (χ1) is 14.1. The monoisotopic (exact) mass is 393 g/mol. The topological polar surface area (TPSA) is 81.9 Å². The molecule has 1 amide bonds. The lowest BCUT2D eigenvalue weighted by Gasteiger charge is -2.61. The SMILES string of the molecule is O=C(NC12CC3CC(C1)CC(n1ncnn1)(C3)C2)C1CCOc2ccccc2C1. The summed E-state index contributed by atoms with van der Waals surface area (Å²) in [4.78, 5) is 15.3. The van der Waals surface area contributed by atoms with Gasteiger partial charge in [0.1, 0.15) is 5.75 Å². The molecule has 4 bridgehead atoms. The van der Waals surface area contributed by atoms with Crippen LogP contribution in [0.1, 0.15) is 50.5 Å². The van der Waals surface area contributed by atoms with E-state index in [-0.39, 0.29) is 22.9 Å². The zero-order valence-electron chi connectivity index (χ0n) is 16.6. The third-order valence-corrected chi connectivity index (χ3v) is 7.73. The maximum absolute atomic E-state index is 13.4. The number of carbonyl (C=O) groups is 1. The molecular weight excluding hydrogens is 366 g/mol. The van der Waals surface area contributed by atoms with E-state index >= 15 is 0 Å². The zero-order valence-corrected chi connectivity index (χ0v) is 16.6. The van der Waals surface area contributed by atoms with Gasteiger partial charge in [-0.15, -0.1) is 10.2 Å². The summed E-state index contributed by atoms with van der Waals surface area (Å²) in [7, 11) is 0. The van der Waals surface area contributed by atoms with E-state index in [2.05, 4.69) is 26.8 Å². The number of nitrogens with zero attached hydrogens (tertiary/aromatic N) is 4. The van der Waals surface area contributed by atoms with Crippen LogP contribution in [0.2, 0.25) is 0 Å². The van der Waals surface area contributed by atoms with E-state index in [0.717, 1.165) is 56.3 Å². The van der Waals surface area contributed by atoms with Gasteiger partial charge in [-0.1, -0.05) is 18.2 Å². The van der Waals surface area contributed by atoms with Gasteiger partial charge in [-0.3, -0.25) is 4.79 Å². The minimum atomic E-state index is -0.124. The summed E-state index contributed by atoms with van der Waals surface area (Å²) in [5.74, 6) is 2.36. The average Bonchev–Trinajstić information content (AvgIpc) is 3.14. The van der Waals surface area contributed by atoms with Crippen LogP contribution >= 0.6 is 0 Å². The first-order valence-corrected chi connectivity index (χ1v) is 10.9. The van der Waals surface area contributed by atoms with Crippen LogP contribution in [0.25, 0.3) is 0 Å². The lowest BCUT2D eigenvalue weighted by molar-refractivity contribution is -0.135. The number of fused-ring (bicyclic) bond motifs is 1. The normalized spacial score (nSPS) is 37.4. The molecule has 7 heteroatoms. The van der Waals surface area contributed by atoms with Crippen molar-refractivity contribution in [1.82, 2.24) is 25.5 Å². The molecule has 3 atom stereocenters. The second kappa shape index (κ2) is 6.28. The molecule has 2 aromatic rings. The standard InChI is InChI=1S/C22H27N5O2/c28-20(18-5-6-29-19-4-2-1-3-17(19)8-18)25-21-9-15-7-16(10-21)12-22(11-15,13-21)27-24-14-23-26-27/h1-4,14-16,18H,5-13H2,(H,25,28). The Labute approximate surface area is 170 Å². The molecule has 1 N–H and O–H groups in total. The van der Waals surface area contributed by atoms with Crippen LogP contribution in [0.15, 0.2) is 30.6 Å². The molecule has 152 valence electrons. The summed E-state index contributed by atoms with van der Waals surface area (Å²) in [6.07, 6.45) is 9.65. The van der Waals surface area contributed by atoms with Gasteiger partial charge in [-0.05, 0) is 80.0 Å². The number of hydrogen-bond donors (Lipinski definition) is 1. The fraction of sp³-hybridized carbons (Fsp3) is 0.636. The maximum Gasteiger partial charge on any atom is 0.224 e. The van der Waals surface area contributed by atoms with Crippen LogP contribution in [-0.4, -0.2) is 38.3 Å². The first-order valence-electron chi connectivity index (χ1n) is 10.9. The van der Waals surface area contributed by atoms with Crippen molar-refractivity contribution in [3.63, 3.8) is 0 Å². The molecule has 1 aromatic heterocycles. The van der Waals surface area contributed by atoms with Crippen molar-refractivity contribution in [2.75, 3.05) is 6.61 Å². The number of nitrogens with one attached hydrogen (secondary N) is 1. The molecule has 0 spiro atoms. The number of para-hydroxylation sites is 1. The molecule has 3 unspecified atom stereocenters. The van der Waals surface area contributed by atoms with Crippen molar-refractivity contribution >= 4 is 5.91 Å².